The van der Waals surface area contributed by atoms with Crippen molar-refractivity contribution in [1.29, 1.82) is 0 Å². The van der Waals surface area contributed by atoms with E-state index in [9.17, 15) is 9.59 Å². The molecule has 174 valence electrons. The number of piperidine rings is 1. The van der Waals surface area contributed by atoms with Crippen molar-refractivity contribution in [2.24, 2.45) is 5.92 Å². The predicted octanol–water partition coefficient (Wildman–Crippen LogP) is 2.88. The molecule has 7 heteroatoms. The summed E-state index contributed by atoms with van der Waals surface area (Å²) in [5, 5.41) is 6.23. The van der Waals surface area contributed by atoms with Crippen LogP contribution in [0.1, 0.15) is 49.0 Å². The van der Waals surface area contributed by atoms with Gasteiger partial charge in [0.1, 0.15) is 0 Å². The molecule has 2 N–H and O–H groups in total. The molecular formula is C24H39N3O4. The number of nitrogens with zero attached hydrogens (tertiary/aromatic N) is 1. The summed E-state index contributed by atoms with van der Waals surface area (Å²) in [5.74, 6) is 0.298. The molecule has 1 amide bonds. The van der Waals surface area contributed by atoms with Crippen LogP contribution in [0.15, 0.2) is 18.2 Å². The Hall–Kier alpha value is -1.96. The quantitative estimate of drug-likeness (QED) is 0.252. The van der Waals surface area contributed by atoms with Gasteiger partial charge in [-0.2, -0.15) is 0 Å². The fourth-order valence-electron chi connectivity index (χ4n) is 3.74. The third-order valence-electron chi connectivity index (χ3n) is 6.00. The number of anilines is 1. The van der Waals surface area contributed by atoms with Crippen LogP contribution in [0.2, 0.25) is 0 Å². The number of amides is 1. The molecule has 1 aliphatic rings. The van der Waals surface area contributed by atoms with Gasteiger partial charge in [0, 0.05) is 49.4 Å². The first-order chi connectivity index (χ1) is 15.1. The molecular weight excluding hydrogens is 394 g/mol. The molecule has 0 bridgehead atoms. The minimum Gasteiger partial charge on any atom is -0.382 e. The first kappa shape index (κ1) is 25.3. The first-order valence-electron chi connectivity index (χ1n) is 11.5. The summed E-state index contributed by atoms with van der Waals surface area (Å²) in [6.45, 7) is 12.0. The molecule has 1 atom stereocenters. The zero-order valence-corrected chi connectivity index (χ0v) is 19.3. The third kappa shape index (κ3) is 8.59. The number of carbonyl (C=O) groups is 2. The zero-order valence-electron chi connectivity index (χ0n) is 19.3. The molecule has 0 saturated carbocycles. The van der Waals surface area contributed by atoms with Crippen LogP contribution in [0.3, 0.4) is 0 Å². The van der Waals surface area contributed by atoms with Crippen LogP contribution in [-0.4, -0.2) is 75.7 Å². The highest BCUT2D eigenvalue weighted by atomic mass is 16.5. The Kier molecular flexibility index (Phi) is 11.6. The number of ketones is 1. The Morgan fingerprint density at radius 3 is 2.58 bits per heavy atom. The van der Waals surface area contributed by atoms with Crippen LogP contribution in [-0.2, 0) is 14.3 Å². The summed E-state index contributed by atoms with van der Waals surface area (Å²) < 4.78 is 11.0. The smallest absolute Gasteiger partial charge is 0.207 e. The molecule has 7 nitrogen and oxygen atoms in total. The van der Waals surface area contributed by atoms with Crippen LogP contribution in [0.4, 0.5) is 5.69 Å². The SMILES string of the molecule is CCC(C)C(=O)c1cccc(NC2CCN(CCOCCOCCNC=O)CC2)c1C. The van der Waals surface area contributed by atoms with E-state index in [1.165, 1.54) is 0 Å². The Morgan fingerprint density at radius 1 is 1.19 bits per heavy atom. The molecule has 1 heterocycles. The van der Waals surface area contributed by atoms with Crippen molar-refractivity contribution in [2.75, 3.05) is 57.9 Å². The lowest BCUT2D eigenvalue weighted by molar-refractivity contribution is -0.109. The Labute approximate surface area is 186 Å². The number of rotatable bonds is 15. The van der Waals surface area contributed by atoms with E-state index in [2.05, 4.69) is 28.5 Å². The lowest BCUT2D eigenvalue weighted by atomic mass is 9.93. The van der Waals surface area contributed by atoms with Gasteiger partial charge in [-0.3, -0.25) is 9.59 Å². The lowest BCUT2D eigenvalue weighted by Gasteiger charge is -2.33. The molecule has 2 rings (SSSR count). The molecule has 0 spiro atoms. The minimum absolute atomic E-state index is 0.0606. The second-order valence-electron chi connectivity index (χ2n) is 8.21. The number of hydrogen-bond donors (Lipinski definition) is 2. The van der Waals surface area contributed by atoms with Crippen molar-refractivity contribution in [3.8, 4) is 0 Å². The summed E-state index contributed by atoms with van der Waals surface area (Å²) in [5.41, 5.74) is 2.99. The predicted molar refractivity (Wildman–Crippen MR) is 124 cm³/mol. The maximum absolute atomic E-state index is 12.6. The summed E-state index contributed by atoms with van der Waals surface area (Å²) in [6, 6.07) is 6.45. The average Bonchev–Trinajstić information content (AvgIpc) is 2.79. The van der Waals surface area contributed by atoms with Gasteiger partial charge in [-0.15, -0.1) is 0 Å². The largest absolute Gasteiger partial charge is 0.382 e. The molecule has 1 fully saturated rings. The maximum atomic E-state index is 12.6. The van der Waals surface area contributed by atoms with Crippen LogP contribution < -0.4 is 10.6 Å². The normalized spacial score (nSPS) is 16.1. The monoisotopic (exact) mass is 433 g/mol. The number of ether oxygens (including phenoxy) is 2. The highest BCUT2D eigenvalue weighted by Gasteiger charge is 2.21. The fourth-order valence-corrected chi connectivity index (χ4v) is 3.74. The topological polar surface area (TPSA) is 79.9 Å². The molecule has 1 saturated heterocycles. The molecule has 1 aromatic rings. The van der Waals surface area contributed by atoms with Crippen LogP contribution >= 0.6 is 0 Å². The zero-order chi connectivity index (χ0) is 22.5. The van der Waals surface area contributed by atoms with Crippen molar-refractivity contribution >= 4 is 17.9 Å². The molecule has 1 aliphatic heterocycles. The average molecular weight is 434 g/mol. The summed E-state index contributed by atoms with van der Waals surface area (Å²) in [7, 11) is 0. The standard InChI is InChI=1S/C24H39N3O4/c1-4-19(2)24(29)22-6-5-7-23(20(22)3)26-21-8-11-27(12-9-21)13-15-31-17-16-30-14-10-25-18-28/h5-7,18-19,21,26H,4,8-17H2,1-3H3,(H,25,28). The van der Waals surface area contributed by atoms with Crippen molar-refractivity contribution in [3.63, 3.8) is 0 Å². The highest BCUT2D eigenvalue weighted by Crippen LogP contribution is 2.25. The molecule has 1 unspecified atom stereocenters. The van der Waals surface area contributed by atoms with Gasteiger partial charge in [0.25, 0.3) is 0 Å². The molecule has 31 heavy (non-hydrogen) atoms. The number of nitrogens with one attached hydrogen (secondary N) is 2. The fraction of sp³-hybridized carbons (Fsp3) is 0.667. The van der Waals surface area contributed by atoms with Gasteiger partial charge in [0.05, 0.1) is 26.4 Å². The first-order valence-corrected chi connectivity index (χ1v) is 11.5. The molecule has 0 aliphatic carbocycles. The van der Waals surface area contributed by atoms with E-state index in [1.807, 2.05) is 26.0 Å². The van der Waals surface area contributed by atoms with E-state index in [4.69, 9.17) is 9.47 Å². The second-order valence-corrected chi connectivity index (χ2v) is 8.21. The van der Waals surface area contributed by atoms with Gasteiger partial charge in [-0.1, -0.05) is 26.0 Å². The number of benzene rings is 1. The van der Waals surface area contributed by atoms with Gasteiger partial charge in [0.2, 0.25) is 6.41 Å². The van der Waals surface area contributed by atoms with Crippen molar-refractivity contribution in [3.05, 3.63) is 29.3 Å². The van der Waals surface area contributed by atoms with E-state index in [1.54, 1.807) is 0 Å². The van der Waals surface area contributed by atoms with Crippen molar-refractivity contribution in [1.82, 2.24) is 10.2 Å². The van der Waals surface area contributed by atoms with Gasteiger partial charge in [-0.25, -0.2) is 0 Å². The van der Waals surface area contributed by atoms with E-state index in [0.717, 1.165) is 55.7 Å². The number of Topliss-reactive ketones (excluding diaryl/α,β-unsaturated/α-hetero) is 1. The lowest BCUT2D eigenvalue weighted by Crippen LogP contribution is -2.40. The summed E-state index contributed by atoms with van der Waals surface area (Å²) in [4.78, 5) is 25.2. The Balaban J connectivity index is 1.66. The van der Waals surface area contributed by atoms with Gasteiger partial charge in [0.15, 0.2) is 5.78 Å². The van der Waals surface area contributed by atoms with Gasteiger partial charge in [-0.05, 0) is 37.8 Å². The van der Waals surface area contributed by atoms with Crippen molar-refractivity contribution < 1.29 is 19.1 Å². The second kappa shape index (κ2) is 14.2. The summed E-state index contributed by atoms with van der Waals surface area (Å²) in [6.07, 6.45) is 3.70. The number of hydrogen-bond acceptors (Lipinski definition) is 6. The minimum atomic E-state index is 0.0606. The van der Waals surface area contributed by atoms with Gasteiger partial charge >= 0.3 is 0 Å². The van der Waals surface area contributed by atoms with E-state index in [-0.39, 0.29) is 11.7 Å². The molecule has 0 aromatic heterocycles. The van der Waals surface area contributed by atoms with E-state index in [0.29, 0.717) is 45.4 Å². The van der Waals surface area contributed by atoms with Gasteiger partial charge < -0.3 is 25.0 Å². The van der Waals surface area contributed by atoms with Crippen molar-refractivity contribution in [2.45, 2.75) is 46.1 Å². The maximum Gasteiger partial charge on any atom is 0.207 e. The summed E-state index contributed by atoms with van der Waals surface area (Å²) >= 11 is 0. The third-order valence-corrected chi connectivity index (χ3v) is 6.00. The van der Waals surface area contributed by atoms with Crippen LogP contribution in [0.5, 0.6) is 0 Å². The number of likely N-dealkylation sites (tertiary alicyclic amines) is 1. The van der Waals surface area contributed by atoms with E-state index >= 15 is 0 Å². The van der Waals surface area contributed by atoms with Crippen LogP contribution in [0.25, 0.3) is 0 Å². The molecule has 0 radical (unpaired) electrons. The number of carbonyl (C=O) groups excluding carboxylic acids is 2. The molecule has 1 aromatic carbocycles. The van der Waals surface area contributed by atoms with Crippen LogP contribution in [0, 0.1) is 12.8 Å². The van der Waals surface area contributed by atoms with E-state index < -0.39 is 0 Å². The Morgan fingerprint density at radius 2 is 1.90 bits per heavy atom. The highest BCUT2D eigenvalue weighted by molar-refractivity contribution is 6.00. The Bertz CT molecular complexity index is 675.